The molecule has 0 aromatic rings. The molecule has 0 bridgehead atoms. The first-order chi connectivity index (χ1) is 39.1. The minimum absolute atomic E-state index is 0. The maximum absolute atomic E-state index is 10.2. The average Bonchev–Trinajstić information content (AvgIpc) is 3.43. The van der Waals surface area contributed by atoms with Crippen LogP contribution >= 0.6 is 0 Å². The van der Waals surface area contributed by atoms with E-state index in [2.05, 4.69) is 76.3 Å². The van der Waals surface area contributed by atoms with E-state index in [9.17, 15) is 39.6 Å². The van der Waals surface area contributed by atoms with Crippen LogP contribution < -0.4 is 20.4 Å². The number of carbonyl (C=O) groups is 4. The van der Waals surface area contributed by atoms with Crippen LogP contribution in [0.5, 0.6) is 0 Å². The fraction of sp³-hybridized carbons (Fsp3) is 0.833. The molecule has 0 aliphatic heterocycles. The SMILES string of the molecule is CCCCCCCCC=CCCCCCCCC(=O)[O-].CCCCCCCCC=CCCCCCCCC(=O)[O-].CCCCCCCCC=CCCCCCCCC(=O)[O-].CCCCCCCCC=CCCCCCCCC(=O)[O-].[Ti+4]. The van der Waals surface area contributed by atoms with Crippen LogP contribution in [0.2, 0.25) is 0 Å². The Hall–Kier alpha value is -2.45. The van der Waals surface area contributed by atoms with Gasteiger partial charge in [-0.05, 0) is 154 Å². The minimum Gasteiger partial charge on any atom is -0.550 e. The Bertz CT molecular complexity index is 1140. The monoisotopic (exact) mass is 1170 g/mol. The molecule has 0 saturated heterocycles. The van der Waals surface area contributed by atoms with Crippen molar-refractivity contribution in [3.63, 3.8) is 0 Å². The molecule has 0 aliphatic rings. The first kappa shape index (κ1) is 87.3. The summed E-state index contributed by atoms with van der Waals surface area (Å²) in [6.45, 7) is 9.02. The Morgan fingerprint density at radius 3 is 0.432 bits per heavy atom. The molecular weight excluding hydrogens is 1040 g/mol. The molecule has 0 amide bonds. The number of carbonyl (C=O) groups excluding carboxylic acids is 4. The summed E-state index contributed by atoms with van der Waals surface area (Å²) in [5.74, 6) is -3.66. The van der Waals surface area contributed by atoms with Crippen molar-refractivity contribution in [2.24, 2.45) is 0 Å². The van der Waals surface area contributed by atoms with Gasteiger partial charge in [-0.2, -0.15) is 0 Å². The molecule has 0 aromatic heterocycles. The van der Waals surface area contributed by atoms with Gasteiger partial charge in [-0.25, -0.2) is 0 Å². The van der Waals surface area contributed by atoms with Gasteiger partial charge in [-0.1, -0.05) is 282 Å². The molecule has 0 atom stereocenters. The van der Waals surface area contributed by atoms with Crippen LogP contribution in [0, 0.1) is 0 Å². The molecule has 0 N–H and O–H groups in total. The second-order valence-electron chi connectivity index (χ2n) is 22.8. The molecule has 0 heterocycles. The second kappa shape index (κ2) is 84.0. The summed E-state index contributed by atoms with van der Waals surface area (Å²) < 4.78 is 0. The minimum atomic E-state index is -0.914. The first-order valence-corrected chi connectivity index (χ1v) is 34.5. The van der Waals surface area contributed by atoms with Crippen molar-refractivity contribution in [3.8, 4) is 0 Å². The van der Waals surface area contributed by atoms with Crippen LogP contribution in [0.4, 0.5) is 0 Å². The molecule has 0 rings (SSSR count). The molecule has 9 heteroatoms. The van der Waals surface area contributed by atoms with Crippen molar-refractivity contribution in [1.82, 2.24) is 0 Å². The molecule has 0 unspecified atom stereocenters. The summed E-state index contributed by atoms with van der Waals surface area (Å²) >= 11 is 0. The fourth-order valence-corrected chi connectivity index (χ4v) is 9.36. The summed E-state index contributed by atoms with van der Waals surface area (Å²) in [5.41, 5.74) is 0. The van der Waals surface area contributed by atoms with Gasteiger partial charge in [0.05, 0.1) is 0 Å². The Morgan fingerprint density at radius 1 is 0.198 bits per heavy atom. The molecule has 8 nitrogen and oxygen atoms in total. The predicted molar refractivity (Wildman–Crippen MR) is 338 cm³/mol. The first-order valence-electron chi connectivity index (χ1n) is 34.5. The largest absolute Gasteiger partial charge is 4.00 e. The van der Waals surface area contributed by atoms with Crippen molar-refractivity contribution in [3.05, 3.63) is 48.6 Å². The van der Waals surface area contributed by atoms with Crippen LogP contribution in [0.1, 0.15) is 387 Å². The van der Waals surface area contributed by atoms with Crippen molar-refractivity contribution < 1.29 is 61.3 Å². The van der Waals surface area contributed by atoms with Gasteiger partial charge in [0.2, 0.25) is 0 Å². The van der Waals surface area contributed by atoms with Gasteiger partial charge < -0.3 is 39.6 Å². The molecule has 0 saturated carbocycles. The number of rotatable bonds is 60. The zero-order chi connectivity index (χ0) is 59.6. The zero-order valence-corrected chi connectivity index (χ0v) is 55.5. The van der Waals surface area contributed by atoms with E-state index in [1.807, 2.05) is 0 Å². The fourth-order valence-electron chi connectivity index (χ4n) is 9.36. The normalized spacial score (nSPS) is 11.1. The van der Waals surface area contributed by atoms with Crippen LogP contribution in [0.15, 0.2) is 48.6 Å². The number of aliphatic carboxylic acids is 4. The van der Waals surface area contributed by atoms with E-state index in [-0.39, 0.29) is 47.4 Å². The van der Waals surface area contributed by atoms with Crippen molar-refractivity contribution in [1.29, 1.82) is 0 Å². The van der Waals surface area contributed by atoms with E-state index in [4.69, 9.17) is 0 Å². The number of unbranched alkanes of at least 4 members (excludes halogenated alkanes) is 44. The molecule has 0 aliphatic carbocycles. The van der Waals surface area contributed by atoms with E-state index in [1.54, 1.807) is 0 Å². The zero-order valence-electron chi connectivity index (χ0n) is 54.0. The Balaban J connectivity index is -0.000000316. The Labute approximate surface area is 518 Å². The van der Waals surface area contributed by atoms with Gasteiger partial charge in [-0.3, -0.25) is 0 Å². The van der Waals surface area contributed by atoms with Gasteiger partial charge in [0, 0.05) is 23.9 Å². The van der Waals surface area contributed by atoms with Crippen LogP contribution in [-0.4, -0.2) is 23.9 Å². The summed E-state index contributed by atoms with van der Waals surface area (Å²) in [7, 11) is 0. The third-order valence-corrected chi connectivity index (χ3v) is 14.6. The second-order valence-corrected chi connectivity index (χ2v) is 22.8. The van der Waals surface area contributed by atoms with Crippen molar-refractivity contribution >= 4 is 23.9 Å². The number of carboxylic acid groups (broad SMARTS) is 4. The number of hydrogen-bond donors (Lipinski definition) is 0. The molecule has 81 heavy (non-hydrogen) atoms. The maximum Gasteiger partial charge on any atom is 4.00 e. The third-order valence-electron chi connectivity index (χ3n) is 14.6. The van der Waals surface area contributed by atoms with E-state index >= 15 is 0 Å². The maximum atomic E-state index is 10.2. The molecule has 0 spiro atoms. The summed E-state index contributed by atoms with van der Waals surface area (Å²) in [6, 6.07) is 0. The topological polar surface area (TPSA) is 161 Å². The third kappa shape index (κ3) is 103. The molecule has 0 aromatic carbocycles. The summed E-state index contributed by atoms with van der Waals surface area (Å²) in [4.78, 5) is 40.9. The van der Waals surface area contributed by atoms with Gasteiger partial charge >= 0.3 is 21.7 Å². The Kier molecular flexibility index (Phi) is 90.6. The van der Waals surface area contributed by atoms with Crippen LogP contribution in [0.25, 0.3) is 0 Å². The quantitative estimate of drug-likeness (QED) is 0.0330. The molecule has 472 valence electrons. The number of allylic oxidation sites excluding steroid dienone is 8. The van der Waals surface area contributed by atoms with E-state index in [0.717, 1.165) is 77.0 Å². The predicted octanol–water partition coefficient (Wildman–Crippen LogP) is 19.1. The molecule has 0 radical (unpaired) electrons. The van der Waals surface area contributed by atoms with Crippen molar-refractivity contribution in [2.75, 3.05) is 0 Å². The average molecular weight is 1170 g/mol. The summed E-state index contributed by atoms with van der Waals surface area (Å²) in [5, 5.41) is 40.9. The standard InChI is InChI=1S/4C18H34O2.Ti/c4*1-2-3-4-5-6-7-8-9-10-11-12-13-14-15-16-17-18(19)20;/h4*9-10H,2-8,11-17H2,1H3,(H,19,20);/q;;;;+4/p-4. The van der Waals surface area contributed by atoms with E-state index < -0.39 is 23.9 Å². The van der Waals surface area contributed by atoms with E-state index in [0.29, 0.717) is 0 Å². The molecule has 0 fully saturated rings. The smallest absolute Gasteiger partial charge is 0.550 e. The van der Waals surface area contributed by atoms with Gasteiger partial charge in [0.15, 0.2) is 0 Å². The van der Waals surface area contributed by atoms with Gasteiger partial charge in [0.1, 0.15) is 0 Å². The van der Waals surface area contributed by atoms with Gasteiger partial charge in [0.25, 0.3) is 0 Å². The summed E-state index contributed by atoms with van der Waals surface area (Å²) in [6.07, 6.45) is 83.6. The Morgan fingerprint density at radius 2 is 0.309 bits per heavy atom. The molecular formula is C72H132O8Ti. The number of hydrogen-bond acceptors (Lipinski definition) is 8. The van der Waals surface area contributed by atoms with Crippen LogP contribution in [0.3, 0.4) is 0 Å². The van der Waals surface area contributed by atoms with E-state index in [1.165, 1.54) is 257 Å². The van der Waals surface area contributed by atoms with Crippen LogP contribution in [-0.2, 0) is 40.9 Å². The van der Waals surface area contributed by atoms with Crippen molar-refractivity contribution in [2.45, 2.75) is 387 Å². The van der Waals surface area contributed by atoms with Gasteiger partial charge in [-0.15, -0.1) is 0 Å². The number of carboxylic acids is 4.